The van der Waals surface area contributed by atoms with Gasteiger partial charge in [-0.05, 0) is 25.1 Å². The lowest BCUT2D eigenvalue weighted by Gasteiger charge is -2.34. The minimum absolute atomic E-state index is 0.315. The second-order valence-electron chi connectivity index (χ2n) is 4.79. The molecule has 1 aromatic carbocycles. The van der Waals surface area contributed by atoms with Crippen molar-refractivity contribution < 1.29 is 45.4 Å². The highest BCUT2D eigenvalue weighted by molar-refractivity contribution is 5.89. The van der Waals surface area contributed by atoms with Crippen LogP contribution in [-0.2, 0) is 20.4 Å². The molecular formula is C14H14F6N2O4. The summed E-state index contributed by atoms with van der Waals surface area (Å²) in [5.41, 5.74) is -5.86. The first-order valence-electron chi connectivity index (χ1n) is 6.93. The maximum atomic E-state index is 13.6. The number of rotatable bonds is 5. The van der Waals surface area contributed by atoms with Gasteiger partial charge in [0.15, 0.2) is 0 Å². The number of anilines is 1. The van der Waals surface area contributed by atoms with Gasteiger partial charge in [0.25, 0.3) is 0 Å². The van der Waals surface area contributed by atoms with Crippen molar-refractivity contribution in [2.24, 2.45) is 0 Å². The molecule has 0 aliphatic heterocycles. The molecule has 6 nitrogen and oxygen atoms in total. The predicted molar refractivity (Wildman–Crippen MR) is 76.0 cm³/mol. The number of hydrogen-bond acceptors (Lipinski definition) is 5. The Balaban J connectivity index is 3.41. The minimum Gasteiger partial charge on any atom is -0.466 e. The number of alkyl carbamates (subject to hydrolysis) is 1. The zero-order valence-corrected chi connectivity index (χ0v) is 13.4. The molecule has 26 heavy (non-hydrogen) atoms. The van der Waals surface area contributed by atoms with Crippen molar-refractivity contribution in [1.29, 1.82) is 0 Å². The highest BCUT2D eigenvalue weighted by atomic mass is 19.4. The number of nitrogens with one attached hydrogen (secondary N) is 2. The Morgan fingerprint density at radius 2 is 1.73 bits per heavy atom. The average molecular weight is 388 g/mol. The molecular weight excluding hydrogens is 374 g/mol. The quantitative estimate of drug-likeness (QED) is 0.460. The van der Waals surface area contributed by atoms with Gasteiger partial charge in [-0.25, -0.2) is 9.59 Å². The van der Waals surface area contributed by atoms with Gasteiger partial charge in [0.1, 0.15) is 0 Å². The van der Waals surface area contributed by atoms with Gasteiger partial charge >= 0.3 is 30.1 Å². The smallest absolute Gasteiger partial charge is 0.442 e. The van der Waals surface area contributed by atoms with Crippen LogP contribution in [0.4, 0.5) is 36.8 Å². The van der Waals surface area contributed by atoms with Gasteiger partial charge in [0.05, 0.1) is 19.3 Å². The maximum absolute atomic E-state index is 13.6. The zero-order chi connectivity index (χ0) is 20.2. The molecule has 0 unspecified atom stereocenters. The largest absolute Gasteiger partial charge is 0.466 e. The number of benzene rings is 1. The third kappa shape index (κ3) is 4.70. The molecule has 1 aromatic rings. The number of ether oxygens (including phenoxy) is 2. The van der Waals surface area contributed by atoms with Crippen LogP contribution in [-0.4, -0.2) is 37.6 Å². The van der Waals surface area contributed by atoms with Crippen molar-refractivity contribution in [3.8, 4) is 0 Å². The van der Waals surface area contributed by atoms with Crippen LogP contribution in [0.25, 0.3) is 0 Å². The summed E-state index contributed by atoms with van der Waals surface area (Å²) in [5, 5.41) is 2.85. The summed E-state index contributed by atoms with van der Waals surface area (Å²) in [6, 6.07) is 2.65. The Hall–Kier alpha value is -2.66. The van der Waals surface area contributed by atoms with Gasteiger partial charge in [-0.2, -0.15) is 26.3 Å². The fourth-order valence-electron chi connectivity index (χ4n) is 1.85. The molecule has 0 bridgehead atoms. The van der Waals surface area contributed by atoms with E-state index in [0.29, 0.717) is 19.2 Å². The van der Waals surface area contributed by atoms with E-state index in [1.54, 1.807) is 5.32 Å². The van der Waals surface area contributed by atoms with Crippen molar-refractivity contribution in [3.05, 3.63) is 29.8 Å². The summed E-state index contributed by atoms with van der Waals surface area (Å²) in [4.78, 5) is 23.3. The molecule has 2 N–H and O–H groups in total. The topological polar surface area (TPSA) is 76.7 Å². The van der Waals surface area contributed by atoms with Gasteiger partial charge in [0.2, 0.25) is 0 Å². The van der Waals surface area contributed by atoms with Gasteiger partial charge in [0, 0.05) is 5.69 Å². The Morgan fingerprint density at radius 3 is 2.19 bits per heavy atom. The van der Waals surface area contributed by atoms with Crippen molar-refractivity contribution in [1.82, 2.24) is 5.32 Å². The molecule has 1 rings (SSSR count). The monoisotopic (exact) mass is 388 g/mol. The number of esters is 1. The van der Waals surface area contributed by atoms with E-state index in [1.165, 1.54) is 12.2 Å². The van der Waals surface area contributed by atoms with Crippen LogP contribution in [0, 0.1) is 0 Å². The molecule has 0 saturated heterocycles. The SMILES string of the molecule is CCOC(=O)N[C@](Nc1cccc(C(F)(F)F)c1)(C(=O)OC)C(F)(F)F. The third-order valence-corrected chi connectivity index (χ3v) is 3.00. The van der Waals surface area contributed by atoms with Crippen molar-refractivity contribution >= 4 is 17.7 Å². The molecule has 0 fully saturated rings. The predicted octanol–water partition coefficient (Wildman–Crippen LogP) is 3.30. The molecule has 146 valence electrons. The summed E-state index contributed by atoms with van der Waals surface area (Å²) in [6.07, 6.45) is -11.9. The molecule has 1 amide bonds. The standard InChI is InChI=1S/C14H14F6N2O4/c1-3-26-11(24)22-12(10(23)25-2,14(18,19)20)21-9-6-4-5-8(7-9)13(15,16)17/h4-7,21H,3H2,1-2H3,(H,22,24)/t12-/m1/s1. The summed E-state index contributed by atoms with van der Waals surface area (Å²) in [6.45, 7) is 0.984. The molecule has 0 aliphatic carbocycles. The molecule has 0 radical (unpaired) electrons. The van der Waals surface area contributed by atoms with E-state index in [-0.39, 0.29) is 6.61 Å². The van der Waals surface area contributed by atoms with Crippen LogP contribution in [0.5, 0.6) is 0 Å². The number of alkyl halides is 6. The van der Waals surface area contributed by atoms with Crippen molar-refractivity contribution in [2.75, 3.05) is 19.0 Å². The lowest BCUT2D eigenvalue weighted by Crippen LogP contribution is -2.69. The first kappa shape index (κ1) is 21.4. The lowest BCUT2D eigenvalue weighted by molar-refractivity contribution is -0.203. The molecule has 0 spiro atoms. The highest BCUT2D eigenvalue weighted by Gasteiger charge is 2.64. The van der Waals surface area contributed by atoms with Crippen LogP contribution < -0.4 is 10.6 Å². The van der Waals surface area contributed by atoms with E-state index in [2.05, 4.69) is 9.47 Å². The number of methoxy groups -OCH3 is 1. The average Bonchev–Trinajstić information content (AvgIpc) is 2.52. The number of amides is 1. The van der Waals surface area contributed by atoms with Crippen molar-refractivity contribution in [2.45, 2.75) is 24.9 Å². The van der Waals surface area contributed by atoms with Crippen LogP contribution in [0.15, 0.2) is 24.3 Å². The van der Waals surface area contributed by atoms with Crippen LogP contribution in [0.1, 0.15) is 12.5 Å². The molecule has 12 heteroatoms. The molecule has 0 aromatic heterocycles. The lowest BCUT2D eigenvalue weighted by atomic mass is 10.1. The number of hydrogen-bond donors (Lipinski definition) is 2. The molecule has 0 aliphatic rings. The number of carbonyl (C=O) groups is 2. The van der Waals surface area contributed by atoms with Crippen LogP contribution >= 0.6 is 0 Å². The third-order valence-electron chi connectivity index (χ3n) is 3.00. The Labute approximate surface area is 143 Å². The first-order chi connectivity index (χ1) is 11.9. The van der Waals surface area contributed by atoms with Gasteiger partial charge in [-0.15, -0.1) is 0 Å². The Kier molecular flexibility index (Phi) is 6.34. The van der Waals surface area contributed by atoms with E-state index in [1.807, 2.05) is 0 Å². The maximum Gasteiger partial charge on any atom is 0.442 e. The fourth-order valence-corrected chi connectivity index (χ4v) is 1.85. The van der Waals surface area contributed by atoms with E-state index >= 15 is 0 Å². The Morgan fingerprint density at radius 1 is 1.12 bits per heavy atom. The second-order valence-corrected chi connectivity index (χ2v) is 4.79. The van der Waals surface area contributed by atoms with E-state index in [0.717, 1.165) is 12.1 Å². The summed E-state index contributed by atoms with van der Waals surface area (Å²) >= 11 is 0. The number of carbonyl (C=O) groups excluding carboxylic acids is 2. The van der Waals surface area contributed by atoms with Crippen LogP contribution in [0.3, 0.4) is 0 Å². The van der Waals surface area contributed by atoms with Gasteiger partial charge in [-0.3, -0.25) is 5.32 Å². The second kappa shape index (κ2) is 7.70. The van der Waals surface area contributed by atoms with Gasteiger partial charge in [-0.1, -0.05) is 6.07 Å². The number of halogens is 6. The zero-order valence-electron chi connectivity index (χ0n) is 13.4. The van der Waals surface area contributed by atoms with Gasteiger partial charge < -0.3 is 14.8 Å². The van der Waals surface area contributed by atoms with Crippen LogP contribution in [0.2, 0.25) is 0 Å². The summed E-state index contributed by atoms with van der Waals surface area (Å²) < 4.78 is 87.4. The summed E-state index contributed by atoms with van der Waals surface area (Å²) in [5.74, 6) is -2.00. The van der Waals surface area contributed by atoms with Crippen molar-refractivity contribution in [3.63, 3.8) is 0 Å². The van der Waals surface area contributed by atoms with E-state index < -0.39 is 41.3 Å². The molecule has 0 heterocycles. The normalized spacial score (nSPS) is 14.2. The minimum atomic E-state index is -5.49. The highest BCUT2D eigenvalue weighted by Crippen LogP contribution is 2.35. The summed E-state index contributed by atoms with van der Waals surface area (Å²) in [7, 11) is 0.615. The van der Waals surface area contributed by atoms with E-state index in [4.69, 9.17) is 0 Å². The van der Waals surface area contributed by atoms with E-state index in [9.17, 15) is 35.9 Å². The Bertz CT molecular complexity index is 662. The molecule has 0 saturated carbocycles. The fraction of sp³-hybridized carbons (Fsp3) is 0.429. The molecule has 1 atom stereocenters. The first-order valence-corrected chi connectivity index (χ1v) is 6.93.